The van der Waals surface area contributed by atoms with E-state index in [4.69, 9.17) is 28.3 Å². The lowest BCUT2D eigenvalue weighted by Crippen LogP contribution is -2.46. The Morgan fingerprint density at radius 1 is 1.35 bits per heavy atom. The van der Waals surface area contributed by atoms with Crippen LogP contribution in [0.5, 0.6) is 0 Å². The molecule has 0 spiro atoms. The lowest BCUT2D eigenvalue weighted by molar-refractivity contribution is -0.143. The molecule has 1 amide bonds. The molecule has 0 aliphatic carbocycles. The summed E-state index contributed by atoms with van der Waals surface area (Å²) in [6, 6.07) is 4.63. The van der Waals surface area contributed by atoms with Gasteiger partial charge in [0.05, 0.1) is 16.5 Å². The summed E-state index contributed by atoms with van der Waals surface area (Å²) in [5.41, 5.74) is 0.400. The van der Waals surface area contributed by atoms with Gasteiger partial charge in [0.25, 0.3) is 5.91 Å². The molecule has 1 saturated heterocycles. The maximum absolute atomic E-state index is 12.5. The van der Waals surface area contributed by atoms with Crippen molar-refractivity contribution in [3.8, 4) is 0 Å². The third kappa shape index (κ3) is 3.07. The Morgan fingerprint density at radius 3 is 2.60 bits per heavy atom. The van der Waals surface area contributed by atoms with Crippen LogP contribution < -0.4 is 0 Å². The molecule has 1 aliphatic heterocycles. The van der Waals surface area contributed by atoms with E-state index in [-0.39, 0.29) is 17.9 Å². The number of carbonyl (C=O) groups is 2. The predicted octanol–water partition coefficient (Wildman–Crippen LogP) is 3.32. The van der Waals surface area contributed by atoms with Gasteiger partial charge in [-0.3, -0.25) is 9.59 Å². The highest BCUT2D eigenvalue weighted by atomic mass is 35.5. The first-order valence-electron chi connectivity index (χ1n) is 6.39. The van der Waals surface area contributed by atoms with Crippen LogP contribution in [0.3, 0.4) is 0 Å². The summed E-state index contributed by atoms with van der Waals surface area (Å²) in [6.45, 7) is 2.28. The lowest BCUT2D eigenvalue weighted by Gasteiger charge is -2.36. The molecule has 108 valence electrons. The van der Waals surface area contributed by atoms with Crippen LogP contribution in [0.2, 0.25) is 10.0 Å². The Bertz CT molecular complexity index is 547. The minimum absolute atomic E-state index is 0.121. The topological polar surface area (TPSA) is 57.6 Å². The minimum Gasteiger partial charge on any atom is -0.481 e. The quantitative estimate of drug-likeness (QED) is 0.910. The maximum atomic E-state index is 12.5. The number of piperidine rings is 1. The fraction of sp³-hybridized carbons (Fsp3) is 0.429. The molecule has 0 radical (unpaired) electrons. The number of likely N-dealkylation sites (tertiary alicyclic amines) is 1. The average molecular weight is 316 g/mol. The molecular weight excluding hydrogens is 301 g/mol. The number of carbonyl (C=O) groups excluding carboxylic acids is 1. The van der Waals surface area contributed by atoms with Gasteiger partial charge in [-0.1, -0.05) is 23.2 Å². The summed E-state index contributed by atoms with van der Waals surface area (Å²) < 4.78 is 0. The van der Waals surface area contributed by atoms with E-state index in [2.05, 4.69) is 0 Å². The monoisotopic (exact) mass is 315 g/mol. The first-order valence-corrected chi connectivity index (χ1v) is 7.14. The Balaban J connectivity index is 2.16. The van der Waals surface area contributed by atoms with Crippen LogP contribution in [-0.4, -0.2) is 34.5 Å². The van der Waals surface area contributed by atoms with Crippen LogP contribution in [0, 0.1) is 5.92 Å². The van der Waals surface area contributed by atoms with Crippen LogP contribution in [0.1, 0.15) is 30.1 Å². The van der Waals surface area contributed by atoms with Gasteiger partial charge in [0.1, 0.15) is 0 Å². The molecule has 2 unspecified atom stereocenters. The summed E-state index contributed by atoms with van der Waals surface area (Å²) in [5, 5.41) is 9.82. The van der Waals surface area contributed by atoms with Crippen LogP contribution >= 0.6 is 23.2 Å². The largest absolute Gasteiger partial charge is 0.481 e. The van der Waals surface area contributed by atoms with E-state index < -0.39 is 5.97 Å². The normalized spacial score (nSPS) is 22.6. The van der Waals surface area contributed by atoms with E-state index in [1.165, 1.54) is 6.07 Å². The second kappa shape index (κ2) is 6.02. The van der Waals surface area contributed by atoms with E-state index >= 15 is 0 Å². The van der Waals surface area contributed by atoms with Gasteiger partial charge in [-0.05, 0) is 38.0 Å². The molecule has 1 heterocycles. The number of halogens is 2. The fourth-order valence-corrected chi connectivity index (χ4v) is 3.01. The van der Waals surface area contributed by atoms with Crippen molar-refractivity contribution in [1.82, 2.24) is 4.90 Å². The molecule has 1 aromatic carbocycles. The zero-order valence-corrected chi connectivity index (χ0v) is 12.5. The molecule has 1 aromatic rings. The molecule has 2 rings (SSSR count). The molecular formula is C14H15Cl2NO3. The highest BCUT2D eigenvalue weighted by molar-refractivity contribution is 6.36. The van der Waals surface area contributed by atoms with Crippen LogP contribution in [0.4, 0.5) is 0 Å². The molecule has 1 N–H and O–H groups in total. The number of nitrogens with zero attached hydrogens (tertiary/aromatic N) is 1. The van der Waals surface area contributed by atoms with Crippen molar-refractivity contribution in [2.75, 3.05) is 6.54 Å². The maximum Gasteiger partial charge on any atom is 0.306 e. The molecule has 0 saturated carbocycles. The second-order valence-electron chi connectivity index (χ2n) is 5.03. The zero-order chi connectivity index (χ0) is 14.9. The van der Waals surface area contributed by atoms with Crippen LogP contribution in [-0.2, 0) is 4.79 Å². The van der Waals surface area contributed by atoms with Gasteiger partial charge in [0.2, 0.25) is 0 Å². The third-order valence-electron chi connectivity index (χ3n) is 3.65. The number of benzene rings is 1. The van der Waals surface area contributed by atoms with Gasteiger partial charge < -0.3 is 10.0 Å². The Morgan fingerprint density at radius 2 is 2.05 bits per heavy atom. The average Bonchev–Trinajstić information content (AvgIpc) is 2.37. The highest BCUT2D eigenvalue weighted by Crippen LogP contribution is 2.27. The lowest BCUT2D eigenvalue weighted by atomic mass is 9.91. The van der Waals surface area contributed by atoms with Gasteiger partial charge in [-0.2, -0.15) is 0 Å². The summed E-state index contributed by atoms with van der Waals surface area (Å²) in [7, 11) is 0. The standard InChI is InChI=1S/C14H15Cl2NO3/c1-8-6-9(14(19)20)4-5-17(8)13(18)11-3-2-10(15)7-12(11)16/h2-3,7-9H,4-6H2,1H3,(H,19,20). The number of hydrogen-bond donors (Lipinski definition) is 1. The Hall–Kier alpha value is -1.26. The fourth-order valence-electron chi connectivity index (χ4n) is 2.52. The molecule has 20 heavy (non-hydrogen) atoms. The van der Waals surface area contributed by atoms with Crippen molar-refractivity contribution in [3.63, 3.8) is 0 Å². The molecule has 6 heteroatoms. The molecule has 0 aromatic heterocycles. The van der Waals surface area contributed by atoms with E-state index in [1.807, 2.05) is 6.92 Å². The van der Waals surface area contributed by atoms with Gasteiger partial charge in [-0.25, -0.2) is 0 Å². The third-order valence-corrected chi connectivity index (χ3v) is 4.20. The first-order chi connectivity index (χ1) is 9.40. The van der Waals surface area contributed by atoms with Gasteiger partial charge in [0, 0.05) is 17.6 Å². The van der Waals surface area contributed by atoms with E-state index in [1.54, 1.807) is 17.0 Å². The highest BCUT2D eigenvalue weighted by Gasteiger charge is 2.33. The van der Waals surface area contributed by atoms with Gasteiger partial charge in [0.15, 0.2) is 0 Å². The summed E-state index contributed by atoms with van der Waals surface area (Å²) in [4.78, 5) is 25.1. The SMILES string of the molecule is CC1CC(C(=O)O)CCN1C(=O)c1ccc(Cl)cc1Cl. The van der Waals surface area contributed by atoms with Crippen molar-refractivity contribution in [2.24, 2.45) is 5.92 Å². The molecule has 2 atom stereocenters. The molecule has 0 bridgehead atoms. The number of carboxylic acid groups (broad SMARTS) is 1. The Kier molecular flexibility index (Phi) is 4.55. The first kappa shape index (κ1) is 15.1. The summed E-state index contributed by atoms with van der Waals surface area (Å²) in [5.74, 6) is -1.36. The number of hydrogen-bond acceptors (Lipinski definition) is 2. The number of carboxylic acids is 1. The van der Waals surface area contributed by atoms with Crippen molar-refractivity contribution in [2.45, 2.75) is 25.8 Å². The van der Waals surface area contributed by atoms with Gasteiger partial charge >= 0.3 is 5.97 Å². The predicted molar refractivity (Wildman–Crippen MR) is 77.3 cm³/mol. The van der Waals surface area contributed by atoms with E-state index in [9.17, 15) is 9.59 Å². The summed E-state index contributed by atoms with van der Waals surface area (Å²) in [6.07, 6.45) is 0.933. The van der Waals surface area contributed by atoms with Crippen molar-refractivity contribution < 1.29 is 14.7 Å². The van der Waals surface area contributed by atoms with E-state index in [0.29, 0.717) is 35.0 Å². The number of aliphatic carboxylic acids is 1. The number of amides is 1. The smallest absolute Gasteiger partial charge is 0.306 e. The number of rotatable bonds is 2. The molecule has 1 aliphatic rings. The summed E-state index contributed by atoms with van der Waals surface area (Å²) >= 11 is 11.9. The minimum atomic E-state index is -0.798. The zero-order valence-electron chi connectivity index (χ0n) is 11.0. The van der Waals surface area contributed by atoms with Crippen molar-refractivity contribution in [3.05, 3.63) is 33.8 Å². The molecule has 4 nitrogen and oxygen atoms in total. The van der Waals surface area contributed by atoms with Crippen molar-refractivity contribution in [1.29, 1.82) is 0 Å². The Labute approximate surface area is 127 Å². The molecule has 1 fully saturated rings. The van der Waals surface area contributed by atoms with E-state index in [0.717, 1.165) is 0 Å². The van der Waals surface area contributed by atoms with Crippen molar-refractivity contribution >= 4 is 35.1 Å². The van der Waals surface area contributed by atoms with Gasteiger partial charge in [-0.15, -0.1) is 0 Å². The second-order valence-corrected chi connectivity index (χ2v) is 5.87. The van der Waals surface area contributed by atoms with Crippen LogP contribution in [0.15, 0.2) is 18.2 Å². The van der Waals surface area contributed by atoms with Crippen LogP contribution in [0.25, 0.3) is 0 Å².